The number of hydrogen-bond donors (Lipinski definition) is 1. The number of nitrogens with one attached hydrogen (secondary N) is 1. The quantitative estimate of drug-likeness (QED) is 0.484. The van der Waals surface area contributed by atoms with Crippen molar-refractivity contribution in [1.82, 2.24) is 24.9 Å². The minimum atomic E-state index is -3.38. The predicted molar refractivity (Wildman–Crippen MR) is 165 cm³/mol. The van der Waals surface area contributed by atoms with Crippen molar-refractivity contribution in [2.45, 2.75) is 50.2 Å². The highest BCUT2D eigenvalue weighted by Gasteiger charge is 2.55. The molecule has 12 heteroatoms. The van der Waals surface area contributed by atoms with Crippen LogP contribution in [0, 0.1) is 17.3 Å². The molecule has 3 aromatic rings. The Morgan fingerprint density at radius 2 is 1.81 bits per heavy atom. The average Bonchev–Trinajstić information content (AvgIpc) is 3.93. The Kier molecular flexibility index (Phi) is 6.22. The molecule has 2 saturated heterocycles. The lowest BCUT2D eigenvalue weighted by molar-refractivity contribution is -0.134. The topological polar surface area (TPSA) is 117 Å². The number of aromatic nitrogens is 4. The van der Waals surface area contributed by atoms with E-state index in [1.165, 1.54) is 0 Å². The van der Waals surface area contributed by atoms with Crippen LogP contribution in [0.5, 0.6) is 0 Å². The lowest BCUT2D eigenvalue weighted by Crippen LogP contribution is -2.45. The highest BCUT2D eigenvalue weighted by atomic mass is 32.2. The summed E-state index contributed by atoms with van der Waals surface area (Å²) in [5.41, 5.74) is 4.31. The van der Waals surface area contributed by atoms with Crippen LogP contribution in [0.4, 0.5) is 17.2 Å². The number of fused-ring (bicyclic) bond motifs is 4. The van der Waals surface area contributed by atoms with Gasteiger partial charge in [0.2, 0.25) is 15.9 Å². The number of amides is 1. The molecule has 11 nitrogen and oxygen atoms in total. The lowest BCUT2D eigenvalue weighted by Gasteiger charge is -2.37. The molecule has 6 aliphatic rings. The van der Waals surface area contributed by atoms with Gasteiger partial charge in [0.25, 0.3) is 0 Å². The zero-order valence-corrected chi connectivity index (χ0v) is 25.3. The molecule has 2 unspecified atom stereocenters. The summed E-state index contributed by atoms with van der Waals surface area (Å²) in [7, 11) is -1.41. The number of carbonyl (C=O) groups is 1. The first-order chi connectivity index (χ1) is 20.8. The third kappa shape index (κ3) is 4.93. The molecule has 2 aromatic heterocycles. The van der Waals surface area contributed by atoms with Crippen LogP contribution in [0.3, 0.4) is 0 Å². The van der Waals surface area contributed by atoms with Gasteiger partial charge in [0.15, 0.2) is 0 Å². The molecule has 43 heavy (non-hydrogen) atoms. The second kappa shape index (κ2) is 9.93. The molecule has 0 radical (unpaired) electrons. The molecule has 4 fully saturated rings. The molecule has 9 rings (SSSR count). The third-order valence-electron chi connectivity index (χ3n) is 10.4. The highest BCUT2D eigenvalue weighted by Crippen LogP contribution is 2.60. The summed E-state index contributed by atoms with van der Waals surface area (Å²) < 4.78 is 30.2. The van der Waals surface area contributed by atoms with Crippen molar-refractivity contribution in [3.63, 3.8) is 0 Å². The van der Waals surface area contributed by atoms with E-state index in [2.05, 4.69) is 29.8 Å². The molecule has 2 saturated carbocycles. The first-order valence-corrected chi connectivity index (χ1v) is 17.1. The number of sulfonamides is 1. The number of nitrogens with zero attached hydrogens (tertiary/aromatic N) is 7. The van der Waals surface area contributed by atoms with Gasteiger partial charge in [-0.1, -0.05) is 5.21 Å². The van der Waals surface area contributed by atoms with E-state index in [1.54, 1.807) is 10.9 Å². The monoisotopic (exact) mass is 602 g/mol. The molecule has 1 spiro atoms. The van der Waals surface area contributed by atoms with Crippen LogP contribution in [-0.2, 0) is 14.8 Å². The Labute approximate surface area is 252 Å². The van der Waals surface area contributed by atoms with Crippen molar-refractivity contribution in [1.29, 1.82) is 0 Å². The maximum atomic E-state index is 13.6. The fraction of sp³-hybridized carbons (Fsp3) is 0.548. The van der Waals surface area contributed by atoms with Crippen LogP contribution in [0.25, 0.3) is 16.9 Å². The standard InChI is InChI=1S/C31H38N8O3S/c1-36-19-23-17-31(23)9-13-37(14-10-31)28-16-24(34-43(41,42)25-5-6-25)4-7-27(28)39-20-26(33-35-39)21-8-11-32-29(15-21)38-12-2-3-22(18-38)30(36)40/h4,7-8,11,15-16,20,22-23,25,34H,2-3,5-6,9-10,12-14,17-19H2,1H3. The number of carbonyl (C=O) groups excluding carboxylic acids is 1. The molecule has 1 N–H and O–H groups in total. The number of hydrogen-bond acceptors (Lipinski definition) is 8. The van der Waals surface area contributed by atoms with Gasteiger partial charge in [-0.15, -0.1) is 5.10 Å². The molecule has 1 amide bonds. The zero-order valence-electron chi connectivity index (χ0n) is 24.5. The largest absolute Gasteiger partial charge is 0.370 e. The molecule has 4 aliphatic heterocycles. The molecule has 2 aliphatic carbocycles. The van der Waals surface area contributed by atoms with Gasteiger partial charge in [-0.05, 0) is 86.6 Å². The number of anilines is 3. The second-order valence-corrected chi connectivity index (χ2v) is 15.2. The Hall–Kier alpha value is -3.67. The summed E-state index contributed by atoms with van der Waals surface area (Å²) in [4.78, 5) is 24.8. The Morgan fingerprint density at radius 3 is 2.63 bits per heavy atom. The molecule has 8 bridgehead atoms. The summed E-state index contributed by atoms with van der Waals surface area (Å²) in [5, 5.41) is 8.76. The van der Waals surface area contributed by atoms with Crippen LogP contribution in [0.15, 0.2) is 42.7 Å². The fourth-order valence-corrected chi connectivity index (χ4v) is 8.92. The summed E-state index contributed by atoms with van der Waals surface area (Å²) >= 11 is 0. The predicted octanol–water partition coefficient (Wildman–Crippen LogP) is 3.53. The lowest BCUT2D eigenvalue weighted by atomic mass is 9.90. The summed E-state index contributed by atoms with van der Waals surface area (Å²) in [6, 6.07) is 9.69. The maximum absolute atomic E-state index is 13.6. The van der Waals surface area contributed by atoms with Crippen LogP contribution in [-0.4, -0.2) is 84.2 Å². The number of piperidine rings is 2. The smallest absolute Gasteiger partial charge is 0.235 e. The van der Waals surface area contributed by atoms with E-state index in [1.807, 2.05) is 48.5 Å². The minimum Gasteiger partial charge on any atom is -0.370 e. The Morgan fingerprint density at radius 1 is 0.977 bits per heavy atom. The zero-order chi connectivity index (χ0) is 29.3. The van der Waals surface area contributed by atoms with Crippen molar-refractivity contribution < 1.29 is 13.2 Å². The first kappa shape index (κ1) is 26.9. The highest BCUT2D eigenvalue weighted by molar-refractivity contribution is 7.93. The van der Waals surface area contributed by atoms with Crippen molar-refractivity contribution >= 4 is 33.1 Å². The summed E-state index contributed by atoms with van der Waals surface area (Å²) in [6.07, 6.45) is 10.3. The minimum absolute atomic E-state index is 0.0234. The summed E-state index contributed by atoms with van der Waals surface area (Å²) in [6.45, 7) is 4.10. The molecular weight excluding hydrogens is 564 g/mol. The van der Waals surface area contributed by atoms with Crippen molar-refractivity contribution in [3.8, 4) is 16.9 Å². The average molecular weight is 603 g/mol. The van der Waals surface area contributed by atoms with Gasteiger partial charge in [0, 0.05) is 51.5 Å². The number of pyridine rings is 1. The SMILES string of the molecule is CN1CC2CC23CCN(CC3)c2cc(NS(=O)(=O)C3CC3)ccc2-n2cc(nn2)-c2ccnc(c2)N2CCCC(C2)C1=O. The molecule has 1 aromatic carbocycles. The number of rotatable bonds is 3. The number of benzene rings is 1. The van der Waals surface area contributed by atoms with Gasteiger partial charge in [-0.25, -0.2) is 18.1 Å². The van der Waals surface area contributed by atoms with Gasteiger partial charge in [0.1, 0.15) is 11.5 Å². The van der Waals surface area contributed by atoms with Crippen molar-refractivity contribution in [2.24, 2.45) is 17.3 Å². The van der Waals surface area contributed by atoms with E-state index in [-0.39, 0.29) is 22.5 Å². The first-order valence-electron chi connectivity index (χ1n) is 15.6. The van der Waals surface area contributed by atoms with E-state index >= 15 is 0 Å². The fourth-order valence-electron chi connectivity index (χ4n) is 7.54. The van der Waals surface area contributed by atoms with Gasteiger partial charge in [0.05, 0.1) is 34.4 Å². The van der Waals surface area contributed by atoms with Gasteiger partial charge in [-0.2, -0.15) is 0 Å². The van der Waals surface area contributed by atoms with Crippen molar-refractivity contribution in [3.05, 3.63) is 42.7 Å². The van der Waals surface area contributed by atoms with Crippen molar-refractivity contribution in [2.75, 3.05) is 54.3 Å². The van der Waals surface area contributed by atoms with Crippen LogP contribution in [0.2, 0.25) is 0 Å². The van der Waals surface area contributed by atoms with E-state index < -0.39 is 10.0 Å². The molecule has 2 atom stereocenters. The Bertz CT molecular complexity index is 1680. The van der Waals surface area contributed by atoms with Gasteiger partial charge < -0.3 is 14.7 Å². The van der Waals surface area contributed by atoms with E-state index in [9.17, 15) is 13.2 Å². The summed E-state index contributed by atoms with van der Waals surface area (Å²) in [5.74, 6) is 1.60. The van der Waals surface area contributed by atoms with Gasteiger partial charge in [-0.3, -0.25) is 9.52 Å². The molecule has 226 valence electrons. The van der Waals surface area contributed by atoms with Crippen LogP contribution < -0.4 is 14.5 Å². The van der Waals surface area contributed by atoms with E-state index in [0.29, 0.717) is 31.0 Å². The van der Waals surface area contributed by atoms with Crippen LogP contribution >= 0.6 is 0 Å². The second-order valence-electron chi connectivity index (χ2n) is 13.3. The Balaban J connectivity index is 1.18. The van der Waals surface area contributed by atoms with Crippen LogP contribution in [0.1, 0.15) is 44.9 Å². The third-order valence-corrected chi connectivity index (χ3v) is 12.3. The molecular formula is C31H38N8O3S. The maximum Gasteiger partial charge on any atom is 0.235 e. The normalized spacial score (nSPS) is 27.1. The van der Waals surface area contributed by atoms with Gasteiger partial charge >= 0.3 is 0 Å². The molecule has 6 heterocycles. The van der Waals surface area contributed by atoms with E-state index in [4.69, 9.17) is 0 Å². The van der Waals surface area contributed by atoms with E-state index in [0.717, 1.165) is 86.7 Å².